The van der Waals surface area contributed by atoms with Gasteiger partial charge in [0, 0.05) is 71.5 Å². The lowest BCUT2D eigenvalue weighted by Gasteiger charge is -2.32. The van der Waals surface area contributed by atoms with E-state index < -0.39 is 10.0 Å². The number of aromatic nitrogens is 4. The fraction of sp³-hybridized carbons (Fsp3) is 0.448. The number of hydrogen-bond acceptors (Lipinski definition) is 5. The first-order valence-electron chi connectivity index (χ1n) is 14.0. The molecule has 1 N–H and O–H groups in total. The number of likely N-dealkylation sites (tertiary alicyclic amines) is 1. The zero-order valence-corrected chi connectivity index (χ0v) is 26.8. The maximum atomic E-state index is 12.6. The van der Waals surface area contributed by atoms with Gasteiger partial charge in [0.2, 0.25) is 10.0 Å². The van der Waals surface area contributed by atoms with Crippen LogP contribution in [0, 0.1) is 0 Å². The number of sulfonamides is 1. The molecule has 1 saturated heterocycles. The van der Waals surface area contributed by atoms with E-state index >= 15 is 0 Å². The predicted molar refractivity (Wildman–Crippen MR) is 171 cm³/mol. The van der Waals surface area contributed by atoms with Gasteiger partial charge in [0.25, 0.3) is 0 Å². The Morgan fingerprint density at radius 1 is 1.10 bits per heavy atom. The normalized spacial score (nSPS) is 17.3. The summed E-state index contributed by atoms with van der Waals surface area (Å²) in [7, 11) is -3.30. The number of piperidine rings is 1. The van der Waals surface area contributed by atoms with Crippen molar-refractivity contribution in [3.8, 4) is 11.3 Å². The van der Waals surface area contributed by atoms with Crippen LogP contribution in [0.1, 0.15) is 42.1 Å². The minimum Gasteiger partial charge on any atom is -0.306 e. The molecular formula is C29H34ClIN6O3S. The van der Waals surface area contributed by atoms with Crippen LogP contribution in [0.25, 0.3) is 22.3 Å². The number of halogens is 2. The number of aryl methyl sites for hydroxylation is 1. The lowest BCUT2D eigenvalue weighted by Crippen LogP contribution is -2.38. The van der Waals surface area contributed by atoms with E-state index in [1.807, 2.05) is 41.0 Å². The third-order valence-electron chi connectivity index (χ3n) is 8.42. The number of rotatable bonds is 8. The third kappa shape index (κ3) is 5.88. The highest BCUT2D eigenvalue weighted by atomic mass is 127. The van der Waals surface area contributed by atoms with Crippen LogP contribution in [-0.4, -0.2) is 69.4 Å². The predicted octanol–water partition coefficient (Wildman–Crippen LogP) is 4.83. The fourth-order valence-corrected chi connectivity index (χ4v) is 8.10. The number of fused-ring (bicyclic) bond motifs is 2. The fourth-order valence-electron chi connectivity index (χ4n) is 6.27. The molecule has 4 aromatic rings. The van der Waals surface area contributed by atoms with Crippen LogP contribution in [0.5, 0.6) is 0 Å². The van der Waals surface area contributed by atoms with Gasteiger partial charge in [0.1, 0.15) is 0 Å². The number of imidazole rings is 1. The average molecular weight is 709 g/mol. The molecule has 0 saturated carbocycles. The molecule has 0 bridgehead atoms. The largest absolute Gasteiger partial charge is 0.326 e. The number of alkyl halides is 1. The molecule has 218 valence electrons. The Kier molecular flexibility index (Phi) is 8.34. The lowest BCUT2D eigenvalue weighted by atomic mass is 10.0. The van der Waals surface area contributed by atoms with Crippen LogP contribution < -0.4 is 5.69 Å². The van der Waals surface area contributed by atoms with Gasteiger partial charge in [0.15, 0.2) is 0 Å². The molecule has 0 unspecified atom stereocenters. The summed E-state index contributed by atoms with van der Waals surface area (Å²) in [6.07, 6.45) is 4.75. The van der Waals surface area contributed by atoms with E-state index in [-0.39, 0.29) is 11.7 Å². The standard InChI is InChI=1S/C29H34ClIN6O3S/c1-41(39,40)35-16-11-26-23(19-35)28(20-7-8-24(30)21(17-20)18-31)33-36(26)13-4-12-34-14-9-22(10-15-34)37-27-6-3-2-5-25(27)32-29(37)38/h2-3,5-8,17,22H,4,9-16,18-19H2,1H3,(H,32,38). The third-order valence-corrected chi connectivity index (χ3v) is 10.9. The van der Waals surface area contributed by atoms with Crippen LogP contribution in [0.4, 0.5) is 0 Å². The highest BCUT2D eigenvalue weighted by molar-refractivity contribution is 14.1. The van der Waals surface area contributed by atoms with Gasteiger partial charge in [-0.05, 0) is 55.6 Å². The first kappa shape index (κ1) is 28.9. The molecule has 2 aromatic heterocycles. The summed E-state index contributed by atoms with van der Waals surface area (Å²) in [5, 5.41) is 5.77. The molecule has 2 aromatic carbocycles. The van der Waals surface area contributed by atoms with E-state index in [4.69, 9.17) is 16.7 Å². The van der Waals surface area contributed by atoms with Crippen molar-refractivity contribution in [3.05, 3.63) is 74.8 Å². The second kappa shape index (κ2) is 11.8. The van der Waals surface area contributed by atoms with Crippen molar-refractivity contribution in [1.29, 1.82) is 0 Å². The summed E-state index contributed by atoms with van der Waals surface area (Å²) in [6.45, 7) is 4.44. The molecule has 0 amide bonds. The van der Waals surface area contributed by atoms with Crippen molar-refractivity contribution in [2.75, 3.05) is 32.4 Å². The topological polar surface area (TPSA) is 96.2 Å². The Labute approximate surface area is 258 Å². The summed E-state index contributed by atoms with van der Waals surface area (Å²) in [5.74, 6) is 0. The number of hydrogen-bond donors (Lipinski definition) is 1. The maximum Gasteiger partial charge on any atom is 0.326 e. The summed E-state index contributed by atoms with van der Waals surface area (Å²) in [4.78, 5) is 18.1. The van der Waals surface area contributed by atoms with Gasteiger partial charge in [-0.3, -0.25) is 9.25 Å². The van der Waals surface area contributed by atoms with E-state index in [1.54, 1.807) is 4.31 Å². The van der Waals surface area contributed by atoms with Gasteiger partial charge in [-0.15, -0.1) is 0 Å². The van der Waals surface area contributed by atoms with Crippen molar-refractivity contribution in [2.45, 2.75) is 49.2 Å². The van der Waals surface area contributed by atoms with Crippen molar-refractivity contribution in [3.63, 3.8) is 0 Å². The number of para-hydroxylation sites is 2. The Morgan fingerprint density at radius 2 is 1.88 bits per heavy atom. The van der Waals surface area contributed by atoms with Crippen LogP contribution in [0.3, 0.4) is 0 Å². The van der Waals surface area contributed by atoms with E-state index in [0.717, 1.165) is 94.0 Å². The molecule has 0 spiro atoms. The number of nitrogens with one attached hydrogen (secondary N) is 1. The van der Waals surface area contributed by atoms with Gasteiger partial charge in [-0.1, -0.05) is 52.4 Å². The first-order valence-corrected chi connectivity index (χ1v) is 17.8. The van der Waals surface area contributed by atoms with Gasteiger partial charge >= 0.3 is 5.69 Å². The van der Waals surface area contributed by atoms with Gasteiger partial charge < -0.3 is 9.88 Å². The summed E-state index contributed by atoms with van der Waals surface area (Å²) in [6, 6.07) is 14.1. The molecule has 6 rings (SSSR count). The zero-order chi connectivity index (χ0) is 28.7. The number of H-pyrrole nitrogens is 1. The number of benzene rings is 2. The smallest absolute Gasteiger partial charge is 0.306 e. The van der Waals surface area contributed by atoms with Crippen LogP contribution in [-0.2, 0) is 34.0 Å². The quantitative estimate of drug-likeness (QED) is 0.209. The summed E-state index contributed by atoms with van der Waals surface area (Å²) >= 11 is 8.69. The Hall–Kier alpha value is -2.19. The van der Waals surface area contributed by atoms with E-state index in [9.17, 15) is 13.2 Å². The summed E-state index contributed by atoms with van der Waals surface area (Å²) in [5.41, 5.74) is 6.84. The number of nitrogens with zero attached hydrogens (tertiary/aromatic N) is 5. The minimum absolute atomic E-state index is 0.0235. The molecule has 2 aliphatic rings. The molecule has 12 heteroatoms. The average Bonchev–Trinajstić information content (AvgIpc) is 3.50. The second-order valence-corrected chi connectivity index (χ2v) is 14.2. The molecule has 2 aliphatic heterocycles. The Balaban J connectivity index is 1.15. The number of aromatic amines is 1. The van der Waals surface area contributed by atoms with E-state index in [2.05, 4.69) is 43.2 Å². The molecule has 0 aliphatic carbocycles. The van der Waals surface area contributed by atoms with Crippen LogP contribution in [0.2, 0.25) is 5.02 Å². The zero-order valence-electron chi connectivity index (χ0n) is 23.0. The van der Waals surface area contributed by atoms with Gasteiger partial charge in [-0.2, -0.15) is 9.40 Å². The monoisotopic (exact) mass is 708 g/mol. The van der Waals surface area contributed by atoms with Gasteiger partial charge in [0.05, 0.1) is 23.0 Å². The summed E-state index contributed by atoms with van der Waals surface area (Å²) < 4.78 is 31.1. The Bertz CT molecular complexity index is 1740. The highest BCUT2D eigenvalue weighted by Gasteiger charge is 2.30. The van der Waals surface area contributed by atoms with Crippen molar-refractivity contribution in [1.82, 2.24) is 28.5 Å². The van der Waals surface area contributed by atoms with Gasteiger partial charge in [-0.25, -0.2) is 13.2 Å². The van der Waals surface area contributed by atoms with Crippen molar-refractivity contribution in [2.24, 2.45) is 0 Å². The molecule has 41 heavy (non-hydrogen) atoms. The molecule has 9 nitrogen and oxygen atoms in total. The van der Waals surface area contributed by atoms with Crippen LogP contribution >= 0.6 is 34.2 Å². The second-order valence-electron chi connectivity index (χ2n) is 11.0. The first-order chi connectivity index (χ1) is 19.7. The molecule has 4 heterocycles. The highest BCUT2D eigenvalue weighted by Crippen LogP contribution is 2.34. The van der Waals surface area contributed by atoms with E-state index in [0.29, 0.717) is 19.5 Å². The van der Waals surface area contributed by atoms with Crippen molar-refractivity contribution >= 4 is 55.2 Å². The Morgan fingerprint density at radius 3 is 2.63 bits per heavy atom. The maximum absolute atomic E-state index is 12.6. The van der Waals surface area contributed by atoms with Crippen molar-refractivity contribution < 1.29 is 8.42 Å². The SMILES string of the molecule is CS(=O)(=O)N1CCc2c(c(-c3ccc(Cl)c(CI)c3)nn2CCCN2CCC(n3c(=O)[nH]c4ccccc43)CC2)C1. The molecule has 0 atom stereocenters. The minimum atomic E-state index is -3.30. The van der Waals surface area contributed by atoms with E-state index in [1.165, 1.54) is 6.26 Å². The molecule has 1 fully saturated rings. The lowest BCUT2D eigenvalue weighted by molar-refractivity contribution is 0.182. The molecular weight excluding hydrogens is 675 g/mol. The molecule has 0 radical (unpaired) electrons. The van der Waals surface area contributed by atoms with Crippen LogP contribution in [0.15, 0.2) is 47.3 Å².